The van der Waals surface area contributed by atoms with Gasteiger partial charge in [-0.15, -0.1) is 0 Å². The molecule has 0 amide bonds. The summed E-state index contributed by atoms with van der Waals surface area (Å²) in [6.07, 6.45) is 1.75. The van der Waals surface area contributed by atoms with Crippen molar-refractivity contribution in [2.24, 2.45) is 5.92 Å². The van der Waals surface area contributed by atoms with Crippen LogP contribution in [0.1, 0.15) is 30.4 Å². The molecule has 0 aliphatic heterocycles. The summed E-state index contributed by atoms with van der Waals surface area (Å²) >= 11 is 0. The van der Waals surface area contributed by atoms with E-state index in [1.165, 1.54) is 30.3 Å². The lowest BCUT2D eigenvalue weighted by molar-refractivity contribution is -0.384. The number of hydrogen-bond acceptors (Lipinski definition) is 5. The van der Waals surface area contributed by atoms with Crippen LogP contribution < -0.4 is 0 Å². The first-order valence-corrected chi connectivity index (χ1v) is 8.82. The van der Waals surface area contributed by atoms with E-state index in [0.29, 0.717) is 23.1 Å². The van der Waals surface area contributed by atoms with Crippen LogP contribution in [0, 0.1) is 21.8 Å². The van der Waals surface area contributed by atoms with Gasteiger partial charge in [0.2, 0.25) is 0 Å². The molecule has 0 aromatic heterocycles. The first kappa shape index (κ1) is 19.4. The topological polar surface area (TPSA) is 86.5 Å². The second kappa shape index (κ2) is 8.12. The molecule has 6 nitrogen and oxygen atoms in total. The molecule has 0 radical (unpaired) electrons. The van der Waals surface area contributed by atoms with Gasteiger partial charge in [0.25, 0.3) is 5.69 Å². The van der Waals surface area contributed by atoms with E-state index in [-0.39, 0.29) is 18.1 Å². The highest BCUT2D eigenvalue weighted by molar-refractivity contribution is 6.10. The molecule has 28 heavy (non-hydrogen) atoms. The van der Waals surface area contributed by atoms with Crippen LogP contribution in [0.5, 0.6) is 0 Å². The fourth-order valence-electron chi connectivity index (χ4n) is 3.40. The zero-order chi connectivity index (χ0) is 20.3. The van der Waals surface area contributed by atoms with Gasteiger partial charge in [-0.3, -0.25) is 19.7 Å². The maximum absolute atomic E-state index is 13.2. The summed E-state index contributed by atoms with van der Waals surface area (Å²) in [7, 11) is 0. The molecular formula is C21H18FNO5. The zero-order valence-corrected chi connectivity index (χ0v) is 15.1. The Kier molecular flexibility index (Phi) is 5.63. The van der Waals surface area contributed by atoms with Crippen LogP contribution in [0.15, 0.2) is 54.6 Å². The number of ketones is 1. The first-order valence-electron chi connectivity index (χ1n) is 8.82. The van der Waals surface area contributed by atoms with Gasteiger partial charge in [-0.1, -0.05) is 24.3 Å². The van der Waals surface area contributed by atoms with E-state index in [1.54, 1.807) is 31.2 Å². The summed E-state index contributed by atoms with van der Waals surface area (Å²) in [6.45, 7) is 1.80. The van der Waals surface area contributed by atoms with Gasteiger partial charge in [0.05, 0.1) is 11.5 Å². The highest BCUT2D eigenvalue weighted by atomic mass is 19.1. The molecule has 0 spiro atoms. The third-order valence-corrected chi connectivity index (χ3v) is 4.75. The van der Waals surface area contributed by atoms with Gasteiger partial charge in [0.15, 0.2) is 5.78 Å². The van der Waals surface area contributed by atoms with Crippen molar-refractivity contribution < 1.29 is 23.6 Å². The van der Waals surface area contributed by atoms with Crippen molar-refractivity contribution in [3.63, 3.8) is 0 Å². The Morgan fingerprint density at radius 1 is 1.18 bits per heavy atom. The van der Waals surface area contributed by atoms with Crippen molar-refractivity contribution in [3.05, 3.63) is 81.7 Å². The third-order valence-electron chi connectivity index (χ3n) is 4.75. The van der Waals surface area contributed by atoms with E-state index in [4.69, 9.17) is 4.74 Å². The SMILES string of the molecule is CCOC(=O)[C@@H]1C(=O)C=C(c2ccc(F)cc2)C[C@H]1c1ccc([N+](=O)[O-])cc1. The van der Waals surface area contributed by atoms with E-state index in [1.807, 2.05) is 0 Å². The Balaban J connectivity index is 2.00. The number of carbonyl (C=O) groups excluding carboxylic acids is 2. The molecule has 7 heteroatoms. The number of nitrogens with zero attached hydrogens (tertiary/aromatic N) is 1. The minimum absolute atomic E-state index is 0.0760. The Morgan fingerprint density at radius 2 is 1.82 bits per heavy atom. The second-order valence-electron chi connectivity index (χ2n) is 6.47. The molecule has 0 saturated heterocycles. The molecule has 1 aliphatic rings. The Hall–Kier alpha value is -3.35. The number of esters is 1. The van der Waals surface area contributed by atoms with Gasteiger partial charge in [-0.2, -0.15) is 0 Å². The van der Waals surface area contributed by atoms with Crippen LogP contribution in [0.3, 0.4) is 0 Å². The zero-order valence-electron chi connectivity index (χ0n) is 15.1. The Morgan fingerprint density at radius 3 is 2.39 bits per heavy atom. The number of nitro groups is 1. The summed E-state index contributed by atoms with van der Waals surface area (Å²) in [5, 5.41) is 10.9. The minimum atomic E-state index is -1.02. The maximum Gasteiger partial charge on any atom is 0.317 e. The fraction of sp³-hybridized carbons (Fsp3) is 0.238. The van der Waals surface area contributed by atoms with Crippen molar-refractivity contribution in [2.45, 2.75) is 19.3 Å². The molecule has 2 atom stereocenters. The van der Waals surface area contributed by atoms with E-state index in [9.17, 15) is 24.1 Å². The minimum Gasteiger partial charge on any atom is -0.465 e. The number of non-ortho nitro benzene ring substituents is 1. The van der Waals surface area contributed by atoms with Crippen LogP contribution in [-0.2, 0) is 14.3 Å². The predicted octanol–water partition coefficient (Wildman–Crippen LogP) is 4.05. The summed E-state index contributed by atoms with van der Waals surface area (Å²) in [6, 6.07) is 11.6. The number of halogens is 1. The molecular weight excluding hydrogens is 365 g/mol. The monoisotopic (exact) mass is 383 g/mol. The van der Waals surface area contributed by atoms with Crippen LogP contribution in [0.4, 0.5) is 10.1 Å². The number of hydrogen-bond donors (Lipinski definition) is 0. The van der Waals surface area contributed by atoms with Crippen LogP contribution in [0.25, 0.3) is 5.57 Å². The van der Waals surface area contributed by atoms with Crippen molar-refractivity contribution >= 4 is 23.0 Å². The number of allylic oxidation sites excluding steroid dienone is 2. The molecule has 0 bridgehead atoms. The normalized spacial score (nSPS) is 19.1. The number of rotatable bonds is 5. The smallest absolute Gasteiger partial charge is 0.317 e. The number of carbonyl (C=O) groups is 2. The van der Waals surface area contributed by atoms with Gasteiger partial charge in [-0.05, 0) is 48.3 Å². The van der Waals surface area contributed by atoms with Crippen LogP contribution in [-0.4, -0.2) is 23.3 Å². The molecule has 0 saturated carbocycles. The summed E-state index contributed by atoms with van der Waals surface area (Å²) in [4.78, 5) is 35.6. The Bertz CT molecular complexity index is 934. The average Bonchev–Trinajstić information content (AvgIpc) is 2.68. The number of benzene rings is 2. The largest absolute Gasteiger partial charge is 0.465 e. The fourth-order valence-corrected chi connectivity index (χ4v) is 3.40. The van der Waals surface area contributed by atoms with E-state index in [2.05, 4.69) is 0 Å². The molecule has 144 valence electrons. The second-order valence-corrected chi connectivity index (χ2v) is 6.47. The molecule has 2 aromatic carbocycles. The van der Waals surface area contributed by atoms with Gasteiger partial charge >= 0.3 is 5.97 Å². The highest BCUT2D eigenvalue weighted by Gasteiger charge is 2.39. The summed E-state index contributed by atoms with van der Waals surface area (Å²) in [5.41, 5.74) is 1.91. The molecule has 0 N–H and O–H groups in total. The first-order chi connectivity index (χ1) is 13.4. The quantitative estimate of drug-likeness (QED) is 0.336. The molecule has 1 aliphatic carbocycles. The van der Waals surface area contributed by atoms with E-state index >= 15 is 0 Å². The van der Waals surface area contributed by atoms with Crippen molar-refractivity contribution in [1.29, 1.82) is 0 Å². The average molecular weight is 383 g/mol. The highest BCUT2D eigenvalue weighted by Crippen LogP contribution is 2.40. The molecule has 0 heterocycles. The van der Waals surface area contributed by atoms with Crippen molar-refractivity contribution in [1.82, 2.24) is 0 Å². The van der Waals surface area contributed by atoms with Crippen LogP contribution in [0.2, 0.25) is 0 Å². The molecule has 2 aromatic rings. The van der Waals surface area contributed by atoms with Crippen LogP contribution >= 0.6 is 0 Å². The summed E-state index contributed by atoms with van der Waals surface area (Å²) in [5.74, 6) is -2.96. The third kappa shape index (κ3) is 3.98. The van der Waals surface area contributed by atoms with Gasteiger partial charge in [0, 0.05) is 18.1 Å². The predicted molar refractivity (Wildman–Crippen MR) is 100.0 cm³/mol. The lowest BCUT2D eigenvalue weighted by atomic mass is 9.73. The molecule has 0 unspecified atom stereocenters. The van der Waals surface area contributed by atoms with Crippen molar-refractivity contribution in [2.75, 3.05) is 6.61 Å². The lowest BCUT2D eigenvalue weighted by Gasteiger charge is -2.29. The van der Waals surface area contributed by atoms with Gasteiger partial charge < -0.3 is 4.74 Å². The molecule has 3 rings (SSSR count). The standard InChI is InChI=1S/C21H18FNO5/c1-2-28-21(25)20-18(14-5-9-17(10-6-14)23(26)27)11-15(12-19(20)24)13-3-7-16(22)8-4-13/h3-10,12,18,20H,2,11H2,1H3/t18-,20-/m0/s1. The molecule has 0 fully saturated rings. The maximum atomic E-state index is 13.2. The van der Waals surface area contributed by atoms with Gasteiger partial charge in [-0.25, -0.2) is 4.39 Å². The Labute approximate surface area is 160 Å². The van der Waals surface area contributed by atoms with E-state index < -0.39 is 28.5 Å². The number of ether oxygens (including phenoxy) is 1. The summed E-state index contributed by atoms with van der Waals surface area (Å²) < 4.78 is 18.3. The lowest BCUT2D eigenvalue weighted by Crippen LogP contribution is -2.34. The number of nitro benzene ring substituents is 1. The van der Waals surface area contributed by atoms with Crippen molar-refractivity contribution in [3.8, 4) is 0 Å². The van der Waals surface area contributed by atoms with E-state index in [0.717, 1.165) is 0 Å². The van der Waals surface area contributed by atoms with Gasteiger partial charge in [0.1, 0.15) is 11.7 Å².